The number of aromatic amines is 1. The highest BCUT2D eigenvalue weighted by molar-refractivity contribution is 6.04. The molecule has 172 valence electrons. The largest absolute Gasteiger partial charge is 0.508 e. The molecule has 0 saturated carbocycles. The van der Waals surface area contributed by atoms with Gasteiger partial charge >= 0.3 is 6.03 Å². The minimum Gasteiger partial charge on any atom is -0.508 e. The molecule has 1 aromatic heterocycles. The van der Waals surface area contributed by atoms with E-state index in [2.05, 4.69) is 20.2 Å². The van der Waals surface area contributed by atoms with Gasteiger partial charge in [-0.05, 0) is 49.6 Å². The van der Waals surface area contributed by atoms with E-state index in [4.69, 9.17) is 5.73 Å². The summed E-state index contributed by atoms with van der Waals surface area (Å²) in [5.74, 6) is -0.342. The number of H-pyrrole nitrogens is 1. The van der Waals surface area contributed by atoms with Crippen LogP contribution in [-0.2, 0) is 6.42 Å². The molecule has 2 heterocycles. The number of phenols is 1. The van der Waals surface area contributed by atoms with Crippen LogP contribution >= 0.6 is 0 Å². The van der Waals surface area contributed by atoms with Gasteiger partial charge in [0.2, 0.25) is 5.56 Å². The zero-order chi connectivity index (χ0) is 23.4. The first-order chi connectivity index (χ1) is 15.9. The number of pyridine rings is 1. The number of carbonyl (C=O) groups is 1. The first-order valence-electron chi connectivity index (χ1n) is 10.9. The predicted molar refractivity (Wildman–Crippen MR) is 126 cm³/mol. The number of aliphatic imine (C=N–C) groups is 1. The highest BCUT2D eigenvalue weighted by atomic mass is 19.1. The minimum absolute atomic E-state index is 0.0820. The maximum atomic E-state index is 14.0. The van der Waals surface area contributed by atoms with E-state index in [9.17, 15) is 19.1 Å². The second-order valence-corrected chi connectivity index (χ2v) is 8.22. The number of amides is 2. The zero-order valence-corrected chi connectivity index (χ0v) is 18.1. The van der Waals surface area contributed by atoms with Crippen molar-refractivity contribution in [2.24, 2.45) is 16.6 Å². The molecule has 0 radical (unpaired) electrons. The predicted octanol–water partition coefficient (Wildman–Crippen LogP) is 3.22. The molecule has 1 aliphatic rings. The molecule has 0 spiro atoms. The molecule has 2 aromatic carbocycles. The number of aromatic nitrogens is 1. The summed E-state index contributed by atoms with van der Waals surface area (Å²) < 4.78 is 14.0. The number of halogens is 1. The van der Waals surface area contributed by atoms with E-state index >= 15 is 0 Å². The second kappa shape index (κ2) is 9.83. The van der Waals surface area contributed by atoms with E-state index in [1.165, 1.54) is 12.1 Å². The number of anilines is 1. The van der Waals surface area contributed by atoms with Gasteiger partial charge in [0.1, 0.15) is 17.4 Å². The molecule has 1 aliphatic heterocycles. The Hall–Kier alpha value is -3.72. The molecule has 8 nitrogen and oxygen atoms in total. The van der Waals surface area contributed by atoms with Gasteiger partial charge in [-0.25, -0.2) is 9.18 Å². The number of aromatic hydroxyl groups is 1. The van der Waals surface area contributed by atoms with Crippen LogP contribution in [-0.4, -0.2) is 46.5 Å². The van der Waals surface area contributed by atoms with Gasteiger partial charge in [-0.2, -0.15) is 4.99 Å². The molecule has 0 bridgehead atoms. The molecular weight excluding hydrogens is 425 g/mol. The number of nitrogens with zero attached hydrogens (tertiary/aromatic N) is 2. The van der Waals surface area contributed by atoms with Crippen molar-refractivity contribution in [1.29, 1.82) is 0 Å². The van der Waals surface area contributed by atoms with Gasteiger partial charge in [-0.3, -0.25) is 4.79 Å². The zero-order valence-electron chi connectivity index (χ0n) is 18.1. The molecule has 33 heavy (non-hydrogen) atoms. The lowest BCUT2D eigenvalue weighted by Gasteiger charge is -2.32. The molecule has 1 saturated heterocycles. The van der Waals surface area contributed by atoms with Crippen molar-refractivity contribution in [2.45, 2.75) is 19.3 Å². The monoisotopic (exact) mass is 451 g/mol. The average molecular weight is 452 g/mol. The van der Waals surface area contributed by atoms with Crippen molar-refractivity contribution >= 4 is 28.5 Å². The number of benzene rings is 2. The Labute approximate surface area is 189 Å². The van der Waals surface area contributed by atoms with Crippen molar-refractivity contribution in [3.05, 3.63) is 70.3 Å². The topological polar surface area (TPSA) is 124 Å². The number of para-hydroxylation sites is 1. The number of likely N-dealkylation sites (tertiary alicyclic amines) is 1. The van der Waals surface area contributed by atoms with E-state index in [1.807, 2.05) is 6.07 Å². The minimum atomic E-state index is -0.604. The van der Waals surface area contributed by atoms with Gasteiger partial charge in [0.15, 0.2) is 0 Å². The van der Waals surface area contributed by atoms with E-state index in [1.54, 1.807) is 24.3 Å². The molecule has 0 aliphatic carbocycles. The summed E-state index contributed by atoms with van der Waals surface area (Å²) in [5, 5.41) is 12.8. The Morgan fingerprint density at radius 1 is 1.27 bits per heavy atom. The summed E-state index contributed by atoms with van der Waals surface area (Å²) in [6, 6.07) is 12.0. The fourth-order valence-corrected chi connectivity index (χ4v) is 4.15. The van der Waals surface area contributed by atoms with Crippen LogP contribution in [0.3, 0.4) is 0 Å². The molecule has 5 N–H and O–H groups in total. The van der Waals surface area contributed by atoms with Gasteiger partial charge in [-0.1, -0.05) is 18.2 Å². The highest BCUT2D eigenvalue weighted by Crippen LogP contribution is 2.21. The first kappa shape index (κ1) is 22.5. The summed E-state index contributed by atoms with van der Waals surface area (Å²) >= 11 is 0. The maximum absolute atomic E-state index is 14.0. The van der Waals surface area contributed by atoms with Crippen molar-refractivity contribution in [3.63, 3.8) is 0 Å². The third-order valence-corrected chi connectivity index (χ3v) is 5.89. The summed E-state index contributed by atoms with van der Waals surface area (Å²) in [6.07, 6.45) is 2.22. The van der Waals surface area contributed by atoms with Crippen LogP contribution in [0.4, 0.5) is 14.9 Å². The lowest BCUT2D eigenvalue weighted by atomic mass is 9.96. The summed E-state index contributed by atoms with van der Waals surface area (Å²) in [7, 11) is 0. The number of urea groups is 1. The number of amidine groups is 1. The Kier molecular flexibility index (Phi) is 6.69. The van der Waals surface area contributed by atoms with Crippen molar-refractivity contribution in [3.8, 4) is 5.75 Å². The van der Waals surface area contributed by atoms with Crippen LogP contribution in [0, 0.1) is 11.7 Å². The van der Waals surface area contributed by atoms with Gasteiger partial charge < -0.3 is 26.0 Å². The lowest BCUT2D eigenvalue weighted by molar-refractivity contribution is 0.205. The van der Waals surface area contributed by atoms with E-state index in [0.717, 1.165) is 30.8 Å². The third-order valence-electron chi connectivity index (χ3n) is 5.89. The number of phenolic OH excluding ortho intramolecular Hbond substituents is 1. The average Bonchev–Trinajstić information content (AvgIpc) is 2.79. The Bertz CT molecular complexity index is 1260. The second-order valence-electron chi connectivity index (χ2n) is 8.22. The van der Waals surface area contributed by atoms with Crippen molar-refractivity contribution in [1.82, 2.24) is 9.88 Å². The first-order valence-corrected chi connectivity index (χ1v) is 10.9. The smallest absolute Gasteiger partial charge is 0.347 e. The van der Waals surface area contributed by atoms with Crippen LogP contribution in [0.1, 0.15) is 18.4 Å². The standard InChI is InChI=1S/C24H26FN5O3/c25-19-13-18(31)8-6-15(19)10-12-30-11-2-4-17(14-30)23(26)29-24(33)27-20-5-1-3-16-7-9-21(32)28-22(16)20/h1,3,5-9,13,17,31H,2,4,10-12,14H2,(H,28,32)(H3,26,27,29,33). The number of hydrogen-bond donors (Lipinski definition) is 4. The SMILES string of the molecule is N/C(=N\C(=O)Nc1cccc2ccc(=O)[nH]c12)C1CCCN(CCc2ccc(O)cc2F)C1. The molecule has 1 fully saturated rings. The van der Waals surface area contributed by atoms with Crippen LogP contribution in [0.15, 0.2) is 58.3 Å². The number of fused-ring (bicyclic) bond motifs is 1. The fraction of sp³-hybridized carbons (Fsp3) is 0.292. The molecule has 1 unspecified atom stereocenters. The van der Waals surface area contributed by atoms with E-state index < -0.39 is 11.8 Å². The lowest BCUT2D eigenvalue weighted by Crippen LogP contribution is -2.42. The number of carbonyl (C=O) groups excluding carboxylic acids is 1. The molecule has 1 atom stereocenters. The summed E-state index contributed by atoms with van der Waals surface area (Å²) in [5.41, 5.74) is 7.43. The van der Waals surface area contributed by atoms with Gasteiger partial charge in [0, 0.05) is 36.5 Å². The Morgan fingerprint density at radius 3 is 2.94 bits per heavy atom. The fourth-order valence-electron chi connectivity index (χ4n) is 4.15. The van der Waals surface area contributed by atoms with Crippen LogP contribution < -0.4 is 16.6 Å². The number of nitrogens with one attached hydrogen (secondary N) is 2. The van der Waals surface area contributed by atoms with E-state index in [-0.39, 0.29) is 23.1 Å². The highest BCUT2D eigenvalue weighted by Gasteiger charge is 2.23. The van der Waals surface area contributed by atoms with Crippen molar-refractivity contribution in [2.75, 3.05) is 25.0 Å². The van der Waals surface area contributed by atoms with Gasteiger partial charge in [0.25, 0.3) is 0 Å². The molecule has 9 heteroatoms. The van der Waals surface area contributed by atoms with Crippen LogP contribution in [0.2, 0.25) is 0 Å². The number of rotatable bonds is 5. The Balaban J connectivity index is 1.38. The molecular formula is C24H26FN5O3. The number of nitrogens with two attached hydrogens (primary N) is 1. The van der Waals surface area contributed by atoms with Crippen molar-refractivity contribution < 1.29 is 14.3 Å². The van der Waals surface area contributed by atoms with Crippen LogP contribution in [0.25, 0.3) is 10.9 Å². The Morgan fingerprint density at radius 2 is 2.12 bits per heavy atom. The number of hydrogen-bond acceptors (Lipinski definition) is 4. The number of piperidine rings is 1. The van der Waals surface area contributed by atoms with Crippen LogP contribution in [0.5, 0.6) is 5.75 Å². The summed E-state index contributed by atoms with van der Waals surface area (Å²) in [4.78, 5) is 33.1. The normalized spacial score (nSPS) is 17.2. The maximum Gasteiger partial charge on any atom is 0.347 e. The van der Waals surface area contributed by atoms with Gasteiger partial charge in [0.05, 0.1) is 11.2 Å². The molecule has 4 rings (SSSR count). The summed E-state index contributed by atoms with van der Waals surface area (Å²) in [6.45, 7) is 2.13. The molecule has 3 aromatic rings. The molecule has 2 amide bonds. The quantitative estimate of drug-likeness (QED) is 0.350. The third kappa shape index (κ3) is 5.56. The van der Waals surface area contributed by atoms with E-state index in [0.29, 0.717) is 36.3 Å². The van der Waals surface area contributed by atoms with Gasteiger partial charge in [-0.15, -0.1) is 0 Å².